The number of benzene rings is 1. The number of rotatable bonds is 4. The minimum absolute atomic E-state index is 0.00416. The first-order chi connectivity index (χ1) is 9.52. The quantitative estimate of drug-likeness (QED) is 0.905. The van der Waals surface area contributed by atoms with Gasteiger partial charge >= 0.3 is 5.97 Å². The summed E-state index contributed by atoms with van der Waals surface area (Å²) in [5, 5.41) is 11.8. The Morgan fingerprint density at radius 2 is 2.20 bits per heavy atom. The molecule has 0 radical (unpaired) electrons. The molecule has 0 atom stereocenters. The van der Waals surface area contributed by atoms with E-state index in [2.05, 4.69) is 15.3 Å². The van der Waals surface area contributed by atoms with Crippen LogP contribution in [0, 0.1) is 5.82 Å². The van der Waals surface area contributed by atoms with Crippen molar-refractivity contribution in [3.63, 3.8) is 0 Å². The molecular weight excluding hydrogens is 285 g/mol. The van der Waals surface area contributed by atoms with Crippen molar-refractivity contribution >= 4 is 29.1 Å². The van der Waals surface area contributed by atoms with Crippen LogP contribution in [0.1, 0.15) is 23.0 Å². The maximum atomic E-state index is 14.0. The van der Waals surface area contributed by atoms with Gasteiger partial charge in [-0.2, -0.15) is 0 Å². The summed E-state index contributed by atoms with van der Waals surface area (Å²) in [6, 6.07) is 4.28. The highest BCUT2D eigenvalue weighted by atomic mass is 35.5. The molecule has 1 aromatic carbocycles. The summed E-state index contributed by atoms with van der Waals surface area (Å²) < 4.78 is 14.0. The van der Waals surface area contributed by atoms with Crippen LogP contribution in [-0.4, -0.2) is 21.0 Å². The van der Waals surface area contributed by atoms with Crippen molar-refractivity contribution in [1.29, 1.82) is 0 Å². The number of hydrogen-bond acceptors (Lipinski definition) is 4. The maximum Gasteiger partial charge on any atom is 0.337 e. The molecule has 0 bridgehead atoms. The van der Waals surface area contributed by atoms with Gasteiger partial charge in [0.25, 0.3) is 0 Å². The van der Waals surface area contributed by atoms with E-state index in [0.717, 1.165) is 0 Å². The Labute approximate surface area is 119 Å². The van der Waals surface area contributed by atoms with Gasteiger partial charge in [0.1, 0.15) is 6.33 Å². The minimum Gasteiger partial charge on any atom is -0.478 e. The zero-order valence-corrected chi connectivity index (χ0v) is 11.3. The van der Waals surface area contributed by atoms with Crippen LogP contribution in [0.15, 0.2) is 24.5 Å². The van der Waals surface area contributed by atoms with Gasteiger partial charge in [-0.05, 0) is 24.6 Å². The third-order valence-corrected chi connectivity index (χ3v) is 2.99. The van der Waals surface area contributed by atoms with Crippen LogP contribution in [0.4, 0.5) is 15.9 Å². The smallest absolute Gasteiger partial charge is 0.337 e. The van der Waals surface area contributed by atoms with E-state index >= 15 is 0 Å². The van der Waals surface area contributed by atoms with Gasteiger partial charge in [-0.1, -0.05) is 18.5 Å². The summed E-state index contributed by atoms with van der Waals surface area (Å²) in [4.78, 5) is 18.6. The number of hydrogen-bond donors (Lipinski definition) is 2. The molecule has 0 aliphatic heterocycles. The molecule has 2 rings (SSSR count). The average molecular weight is 296 g/mol. The largest absolute Gasteiger partial charge is 0.478 e. The number of aromatic nitrogens is 2. The zero-order valence-electron chi connectivity index (χ0n) is 10.5. The molecule has 0 amide bonds. The van der Waals surface area contributed by atoms with Crippen LogP contribution in [0.2, 0.25) is 5.02 Å². The lowest BCUT2D eigenvalue weighted by molar-refractivity contribution is 0.0697. The Morgan fingerprint density at radius 1 is 1.45 bits per heavy atom. The Balaban J connectivity index is 2.35. The summed E-state index contributed by atoms with van der Waals surface area (Å²) in [7, 11) is 0. The fourth-order valence-corrected chi connectivity index (χ4v) is 1.84. The molecule has 0 saturated carbocycles. The van der Waals surface area contributed by atoms with Gasteiger partial charge in [-0.3, -0.25) is 0 Å². The van der Waals surface area contributed by atoms with E-state index in [4.69, 9.17) is 16.7 Å². The normalized spacial score (nSPS) is 10.3. The number of nitrogens with one attached hydrogen (secondary N) is 1. The van der Waals surface area contributed by atoms with E-state index in [1.165, 1.54) is 18.5 Å². The van der Waals surface area contributed by atoms with Crippen LogP contribution >= 0.6 is 11.6 Å². The molecule has 0 saturated heterocycles. The molecule has 5 nitrogen and oxygen atoms in total. The van der Waals surface area contributed by atoms with Gasteiger partial charge in [-0.25, -0.2) is 19.2 Å². The topological polar surface area (TPSA) is 75.1 Å². The lowest BCUT2D eigenvalue weighted by atomic mass is 10.2. The molecule has 0 aliphatic carbocycles. The molecule has 0 aliphatic rings. The van der Waals surface area contributed by atoms with E-state index in [-0.39, 0.29) is 22.1 Å². The third-order valence-electron chi connectivity index (χ3n) is 2.66. The first-order valence-electron chi connectivity index (χ1n) is 5.82. The minimum atomic E-state index is -1.16. The van der Waals surface area contributed by atoms with Crippen molar-refractivity contribution in [2.24, 2.45) is 0 Å². The summed E-state index contributed by atoms with van der Waals surface area (Å²) in [5.74, 6) is -1.71. The summed E-state index contributed by atoms with van der Waals surface area (Å²) in [6.45, 7) is 1.78. The predicted molar refractivity (Wildman–Crippen MR) is 73.1 cm³/mol. The van der Waals surface area contributed by atoms with Gasteiger partial charge in [0, 0.05) is 5.69 Å². The third kappa shape index (κ3) is 2.85. The highest BCUT2D eigenvalue weighted by Gasteiger charge is 2.13. The summed E-state index contributed by atoms with van der Waals surface area (Å²) in [5.41, 5.74) is 0.600. The zero-order chi connectivity index (χ0) is 14.7. The predicted octanol–water partition coefficient (Wildman–Crippen LogP) is 3.27. The number of carboxylic acid groups (broad SMARTS) is 1. The van der Waals surface area contributed by atoms with Crippen molar-refractivity contribution in [3.05, 3.63) is 46.6 Å². The first-order valence-corrected chi connectivity index (χ1v) is 6.20. The van der Waals surface area contributed by atoms with Gasteiger partial charge in [0.05, 0.1) is 16.3 Å². The molecule has 7 heteroatoms. The maximum absolute atomic E-state index is 14.0. The molecule has 20 heavy (non-hydrogen) atoms. The second-order valence-corrected chi connectivity index (χ2v) is 4.37. The van der Waals surface area contributed by atoms with E-state index in [0.29, 0.717) is 12.1 Å². The van der Waals surface area contributed by atoms with Crippen molar-refractivity contribution in [3.8, 4) is 0 Å². The lowest BCUT2D eigenvalue weighted by Gasteiger charge is -2.09. The molecular formula is C13H11ClFN3O2. The fourth-order valence-electron chi connectivity index (χ4n) is 1.64. The molecule has 0 fully saturated rings. The molecule has 1 aromatic heterocycles. The Kier molecular flexibility index (Phi) is 4.14. The van der Waals surface area contributed by atoms with Crippen molar-refractivity contribution in [2.45, 2.75) is 13.3 Å². The van der Waals surface area contributed by atoms with E-state index in [1.54, 1.807) is 13.0 Å². The number of carboxylic acids is 1. The fraction of sp³-hybridized carbons (Fsp3) is 0.154. The molecule has 2 aromatic rings. The van der Waals surface area contributed by atoms with E-state index in [9.17, 15) is 9.18 Å². The number of aryl methyl sites for hydroxylation is 1. The van der Waals surface area contributed by atoms with Gasteiger partial charge < -0.3 is 10.4 Å². The van der Waals surface area contributed by atoms with Crippen LogP contribution in [0.3, 0.4) is 0 Å². The Morgan fingerprint density at radius 3 is 2.85 bits per heavy atom. The van der Waals surface area contributed by atoms with Crippen molar-refractivity contribution in [2.75, 3.05) is 5.32 Å². The first kappa shape index (κ1) is 14.2. The number of nitrogens with zero attached hydrogens (tertiary/aromatic N) is 2. The molecule has 1 heterocycles. The number of carbonyl (C=O) groups is 1. The molecule has 2 N–H and O–H groups in total. The van der Waals surface area contributed by atoms with Gasteiger partial charge in [0.15, 0.2) is 11.6 Å². The van der Waals surface area contributed by atoms with Crippen LogP contribution < -0.4 is 5.32 Å². The lowest BCUT2D eigenvalue weighted by Crippen LogP contribution is -2.04. The van der Waals surface area contributed by atoms with Gasteiger partial charge in [-0.15, -0.1) is 0 Å². The molecule has 0 spiro atoms. The monoisotopic (exact) mass is 295 g/mol. The summed E-state index contributed by atoms with van der Waals surface area (Å²) in [6.07, 6.45) is 1.68. The standard InChI is InChI=1S/C13H11ClFN3O2/c1-2-10-11(15)12(17-6-16-10)18-7-3-4-9(14)8(5-7)13(19)20/h3-6H,2H2,1H3,(H,19,20)(H,16,17,18). The van der Waals surface area contributed by atoms with Crippen LogP contribution in [-0.2, 0) is 6.42 Å². The van der Waals surface area contributed by atoms with Crippen LogP contribution in [0.5, 0.6) is 0 Å². The highest BCUT2D eigenvalue weighted by Crippen LogP contribution is 2.24. The summed E-state index contributed by atoms with van der Waals surface area (Å²) >= 11 is 5.76. The van der Waals surface area contributed by atoms with Crippen molar-refractivity contribution < 1.29 is 14.3 Å². The SMILES string of the molecule is CCc1ncnc(Nc2ccc(Cl)c(C(=O)O)c2)c1F. The van der Waals surface area contributed by atoms with E-state index in [1.807, 2.05) is 0 Å². The number of aromatic carboxylic acids is 1. The Hall–Kier alpha value is -2.21. The number of halogens is 2. The molecule has 104 valence electrons. The Bertz CT molecular complexity index is 664. The average Bonchev–Trinajstić information content (AvgIpc) is 2.43. The van der Waals surface area contributed by atoms with Gasteiger partial charge in [0.2, 0.25) is 0 Å². The highest BCUT2D eigenvalue weighted by molar-refractivity contribution is 6.33. The second-order valence-electron chi connectivity index (χ2n) is 3.96. The van der Waals surface area contributed by atoms with Crippen molar-refractivity contribution in [1.82, 2.24) is 9.97 Å². The van der Waals surface area contributed by atoms with Crippen LogP contribution in [0.25, 0.3) is 0 Å². The molecule has 0 unspecified atom stereocenters. The second kappa shape index (κ2) is 5.83. The number of anilines is 2. The van der Waals surface area contributed by atoms with E-state index < -0.39 is 11.8 Å².